The van der Waals surface area contributed by atoms with Gasteiger partial charge in [0, 0.05) is 23.7 Å². The lowest BCUT2D eigenvalue weighted by Crippen LogP contribution is -2.33. The first-order valence-corrected chi connectivity index (χ1v) is 9.13. The second kappa shape index (κ2) is 6.02. The minimum Gasteiger partial charge on any atom is -0.261 e. The number of rotatable bonds is 5. The first-order valence-electron chi connectivity index (χ1n) is 7.59. The maximum absolute atomic E-state index is 13.2. The van der Waals surface area contributed by atoms with Crippen molar-refractivity contribution in [2.75, 3.05) is 0 Å². The summed E-state index contributed by atoms with van der Waals surface area (Å²) in [5.41, 5.74) is 2.71. The molecule has 0 spiro atoms. The largest absolute Gasteiger partial charge is 0.261 e. The summed E-state index contributed by atoms with van der Waals surface area (Å²) in [6.45, 7) is 3.34. The zero-order valence-corrected chi connectivity index (χ0v) is 13.8. The Kier molecular flexibility index (Phi) is 4.21. The molecule has 2 aromatic rings. The van der Waals surface area contributed by atoms with Crippen LogP contribution in [0.1, 0.15) is 31.7 Å². The van der Waals surface area contributed by atoms with Crippen molar-refractivity contribution in [3.05, 3.63) is 54.1 Å². The van der Waals surface area contributed by atoms with Gasteiger partial charge in [-0.25, -0.2) is 17.5 Å². The Labute approximate surface area is 135 Å². The van der Waals surface area contributed by atoms with E-state index >= 15 is 0 Å². The zero-order valence-electron chi connectivity index (χ0n) is 13.0. The second-order valence-electron chi connectivity index (χ2n) is 6.17. The molecule has 23 heavy (non-hydrogen) atoms. The smallest absolute Gasteiger partial charge is 0.214 e. The van der Waals surface area contributed by atoms with Crippen LogP contribution >= 0.6 is 0 Å². The zero-order chi connectivity index (χ0) is 16.6. The van der Waals surface area contributed by atoms with E-state index in [0.29, 0.717) is 0 Å². The third kappa shape index (κ3) is 3.59. The van der Waals surface area contributed by atoms with Crippen LogP contribution in [0.2, 0.25) is 0 Å². The number of sulfonamides is 1. The van der Waals surface area contributed by atoms with Gasteiger partial charge in [0.05, 0.1) is 11.4 Å². The molecule has 2 atom stereocenters. The van der Waals surface area contributed by atoms with Crippen molar-refractivity contribution in [3.8, 4) is 11.1 Å². The van der Waals surface area contributed by atoms with Crippen molar-refractivity contribution in [2.45, 2.75) is 37.5 Å². The highest BCUT2D eigenvalue weighted by molar-refractivity contribution is 7.90. The number of benzene rings is 1. The first-order chi connectivity index (χ1) is 10.9. The molecule has 0 bridgehead atoms. The molecule has 6 heteroatoms. The number of hydrogen-bond acceptors (Lipinski definition) is 3. The minimum absolute atomic E-state index is 0.0240. The Bertz CT molecular complexity index is 804. The number of halogens is 1. The van der Waals surface area contributed by atoms with Crippen LogP contribution in [-0.4, -0.2) is 24.7 Å². The predicted molar refractivity (Wildman–Crippen MR) is 88.0 cm³/mol. The summed E-state index contributed by atoms with van der Waals surface area (Å²) in [6.07, 6.45) is 3.61. The van der Waals surface area contributed by atoms with Crippen LogP contribution in [0.4, 0.5) is 4.39 Å². The van der Waals surface area contributed by atoms with E-state index in [1.54, 1.807) is 20.0 Å². The van der Waals surface area contributed by atoms with Gasteiger partial charge in [0.2, 0.25) is 10.0 Å². The molecule has 1 saturated carbocycles. The predicted octanol–water partition coefficient (Wildman–Crippen LogP) is 3.07. The summed E-state index contributed by atoms with van der Waals surface area (Å²) in [4.78, 5) is 3.85. The van der Waals surface area contributed by atoms with Gasteiger partial charge in [0.1, 0.15) is 5.82 Å². The molecule has 0 radical (unpaired) electrons. The van der Waals surface area contributed by atoms with Gasteiger partial charge in [-0.2, -0.15) is 0 Å². The van der Waals surface area contributed by atoms with Gasteiger partial charge >= 0.3 is 0 Å². The summed E-state index contributed by atoms with van der Waals surface area (Å²) in [5.74, 6) is -0.153. The van der Waals surface area contributed by atoms with Crippen LogP contribution in [0.5, 0.6) is 0 Å². The highest BCUT2D eigenvalue weighted by Gasteiger charge is 2.41. The van der Waals surface area contributed by atoms with E-state index in [9.17, 15) is 12.8 Å². The van der Waals surface area contributed by atoms with Gasteiger partial charge in [0.15, 0.2) is 0 Å². The number of pyridine rings is 1. The van der Waals surface area contributed by atoms with Crippen LogP contribution in [0.3, 0.4) is 0 Å². The normalized spacial score (nSPS) is 20.7. The fourth-order valence-electron chi connectivity index (χ4n) is 2.53. The lowest BCUT2D eigenvalue weighted by Gasteiger charge is -2.09. The molecule has 3 rings (SSSR count). The molecule has 4 nitrogen and oxygen atoms in total. The minimum atomic E-state index is -3.23. The van der Waals surface area contributed by atoms with E-state index in [1.165, 1.54) is 12.3 Å². The third-order valence-electron chi connectivity index (χ3n) is 4.10. The van der Waals surface area contributed by atoms with Crippen molar-refractivity contribution >= 4 is 10.0 Å². The fourth-order valence-corrected chi connectivity index (χ4v) is 3.49. The number of hydrogen-bond donors (Lipinski definition) is 1. The van der Waals surface area contributed by atoms with Gasteiger partial charge in [0.25, 0.3) is 0 Å². The average Bonchev–Trinajstić information content (AvgIpc) is 3.25. The van der Waals surface area contributed by atoms with Crippen LogP contribution in [0, 0.1) is 5.82 Å². The molecule has 1 N–H and O–H groups in total. The topological polar surface area (TPSA) is 59.1 Å². The summed E-state index contributed by atoms with van der Waals surface area (Å²) in [6, 6.07) is 9.18. The van der Waals surface area contributed by atoms with Gasteiger partial charge in [-0.05, 0) is 37.5 Å². The molecule has 0 unspecified atom stereocenters. The van der Waals surface area contributed by atoms with Gasteiger partial charge in [-0.3, -0.25) is 4.98 Å². The van der Waals surface area contributed by atoms with Gasteiger partial charge in [-0.15, -0.1) is 0 Å². The van der Waals surface area contributed by atoms with Crippen molar-refractivity contribution in [3.63, 3.8) is 0 Å². The molecule has 1 fully saturated rings. The number of nitrogens with zero attached hydrogens (tertiary/aromatic N) is 1. The summed E-state index contributed by atoms with van der Waals surface area (Å²) < 4.78 is 39.7. The van der Waals surface area contributed by atoms with E-state index < -0.39 is 15.3 Å². The summed E-state index contributed by atoms with van der Waals surface area (Å²) in [7, 11) is -3.23. The van der Waals surface area contributed by atoms with Crippen molar-refractivity contribution in [1.82, 2.24) is 9.71 Å². The van der Waals surface area contributed by atoms with E-state index in [4.69, 9.17) is 0 Å². The van der Waals surface area contributed by atoms with E-state index in [0.717, 1.165) is 23.1 Å². The molecule has 122 valence electrons. The van der Waals surface area contributed by atoms with Crippen molar-refractivity contribution in [2.24, 2.45) is 0 Å². The molecule has 1 heterocycles. The van der Waals surface area contributed by atoms with E-state index in [2.05, 4.69) is 9.71 Å². The van der Waals surface area contributed by atoms with Gasteiger partial charge in [-0.1, -0.05) is 24.3 Å². The average molecular weight is 334 g/mol. The van der Waals surface area contributed by atoms with Crippen LogP contribution in [0.15, 0.2) is 42.7 Å². The Balaban J connectivity index is 1.70. The second-order valence-corrected chi connectivity index (χ2v) is 8.44. The Morgan fingerprint density at radius 1 is 1.17 bits per heavy atom. The van der Waals surface area contributed by atoms with E-state index in [-0.39, 0.29) is 17.8 Å². The summed E-state index contributed by atoms with van der Waals surface area (Å²) >= 11 is 0. The van der Waals surface area contributed by atoms with Crippen molar-refractivity contribution < 1.29 is 12.8 Å². The Morgan fingerprint density at radius 2 is 1.87 bits per heavy atom. The first kappa shape index (κ1) is 16.1. The summed E-state index contributed by atoms with van der Waals surface area (Å²) in [5, 5.41) is -0.424. The molecule has 0 aliphatic heterocycles. The Hall–Kier alpha value is -1.79. The van der Waals surface area contributed by atoms with E-state index in [1.807, 2.05) is 24.3 Å². The lowest BCUT2D eigenvalue weighted by molar-refractivity contribution is 0.571. The number of aromatic nitrogens is 1. The quantitative estimate of drug-likeness (QED) is 0.914. The molecule has 0 amide bonds. The lowest BCUT2D eigenvalue weighted by atomic mass is 10.0. The molecule has 1 aromatic carbocycles. The fraction of sp³-hybridized carbons (Fsp3) is 0.353. The third-order valence-corrected chi connectivity index (χ3v) is 5.98. The molecule has 0 saturated heterocycles. The van der Waals surface area contributed by atoms with Crippen LogP contribution < -0.4 is 4.72 Å². The monoisotopic (exact) mass is 334 g/mol. The van der Waals surface area contributed by atoms with Crippen LogP contribution in [0.25, 0.3) is 11.1 Å². The molecular weight excluding hydrogens is 315 g/mol. The molecule has 1 aromatic heterocycles. The highest BCUT2D eigenvalue weighted by atomic mass is 32.2. The van der Waals surface area contributed by atoms with Crippen LogP contribution in [-0.2, 0) is 10.0 Å². The maximum Gasteiger partial charge on any atom is 0.214 e. The number of nitrogens with one attached hydrogen (secondary N) is 1. The Morgan fingerprint density at radius 3 is 2.48 bits per heavy atom. The maximum atomic E-state index is 13.2. The standard InChI is InChI=1S/C17H19FN2O2S/c1-11(2)23(21,22)20-17-8-16(17)13-5-3-12(4-6-13)14-7-15(18)10-19-9-14/h3-7,9-11,16-17,20H,8H2,1-2H3/t16-,17+/m0/s1. The van der Waals surface area contributed by atoms with Crippen molar-refractivity contribution in [1.29, 1.82) is 0 Å². The molecular formula is C17H19FN2O2S. The SMILES string of the molecule is CC(C)S(=O)(=O)N[C@@H]1C[C@H]1c1ccc(-c2cncc(F)c2)cc1. The molecule has 1 aliphatic rings. The highest BCUT2D eigenvalue weighted by Crippen LogP contribution is 2.41. The van der Waals surface area contributed by atoms with Gasteiger partial charge < -0.3 is 0 Å². The molecule has 1 aliphatic carbocycles.